The molecule has 2 heterocycles. The van der Waals surface area contributed by atoms with Gasteiger partial charge < -0.3 is 5.73 Å². The van der Waals surface area contributed by atoms with Crippen molar-refractivity contribution in [2.75, 3.05) is 0 Å². The molecule has 2 atom stereocenters. The Labute approximate surface area is 129 Å². The van der Waals surface area contributed by atoms with Crippen molar-refractivity contribution in [1.82, 2.24) is 9.97 Å². The summed E-state index contributed by atoms with van der Waals surface area (Å²) in [5, 5.41) is 3.14. The smallest absolute Gasteiger partial charge is 0.188 e. The molecule has 0 aromatic carbocycles. The average Bonchev–Trinajstić information content (AvgIpc) is 2.78. The Kier molecular flexibility index (Phi) is 4.83. The zero-order chi connectivity index (χ0) is 14.9. The second-order valence-electron chi connectivity index (χ2n) is 5.17. The fourth-order valence-corrected chi connectivity index (χ4v) is 4.43. The zero-order valence-electron chi connectivity index (χ0n) is 12.6. The Morgan fingerprint density at radius 1 is 1.15 bits per heavy atom. The second-order valence-corrected chi connectivity index (χ2v) is 7.22. The summed E-state index contributed by atoms with van der Waals surface area (Å²) in [5.74, 6) is 0. The molecule has 3 nitrogen and oxygen atoms in total. The first kappa shape index (κ1) is 15.5. The maximum atomic E-state index is 6.18. The maximum Gasteiger partial charge on any atom is 0.188 e. The van der Waals surface area contributed by atoms with Crippen molar-refractivity contribution < 1.29 is 0 Å². The lowest BCUT2D eigenvalue weighted by Crippen LogP contribution is -2.22. The molecule has 0 aliphatic heterocycles. The van der Waals surface area contributed by atoms with Crippen molar-refractivity contribution in [1.29, 1.82) is 0 Å². The SMILES string of the molecule is Cc1ccsc1C(Sc1nc(C)c(C)c(C)n1)C(C)N. The maximum absolute atomic E-state index is 6.18. The predicted molar refractivity (Wildman–Crippen MR) is 87.5 cm³/mol. The second kappa shape index (κ2) is 6.24. The minimum absolute atomic E-state index is 0.0582. The fraction of sp³-hybridized carbons (Fsp3) is 0.467. The molecule has 0 spiro atoms. The van der Waals surface area contributed by atoms with Crippen molar-refractivity contribution >= 4 is 23.1 Å². The van der Waals surface area contributed by atoms with E-state index in [1.165, 1.54) is 16.0 Å². The van der Waals surface area contributed by atoms with E-state index < -0.39 is 0 Å². The fourth-order valence-electron chi connectivity index (χ4n) is 1.98. The van der Waals surface area contributed by atoms with Gasteiger partial charge in [0, 0.05) is 22.3 Å². The van der Waals surface area contributed by atoms with Crippen LogP contribution in [0.1, 0.15) is 39.6 Å². The first-order valence-electron chi connectivity index (χ1n) is 6.68. The van der Waals surface area contributed by atoms with Crippen molar-refractivity contribution in [3.05, 3.63) is 38.8 Å². The van der Waals surface area contributed by atoms with Crippen molar-refractivity contribution in [3.8, 4) is 0 Å². The van der Waals surface area contributed by atoms with E-state index in [9.17, 15) is 0 Å². The standard InChI is InChI=1S/C15H21N3S2/c1-8-6-7-19-13(8)14(10(3)16)20-15-17-11(4)9(2)12(5)18-15/h6-7,10,14H,16H2,1-5H3. The number of aromatic nitrogens is 2. The van der Waals surface area contributed by atoms with Gasteiger partial charge in [-0.15, -0.1) is 11.3 Å². The van der Waals surface area contributed by atoms with Crippen LogP contribution in [-0.4, -0.2) is 16.0 Å². The first-order valence-corrected chi connectivity index (χ1v) is 8.44. The molecule has 0 bridgehead atoms. The molecule has 0 saturated heterocycles. The number of aryl methyl sites for hydroxylation is 3. The summed E-state index contributed by atoms with van der Waals surface area (Å²) in [6.45, 7) is 10.3. The van der Waals surface area contributed by atoms with Crippen LogP contribution in [0.3, 0.4) is 0 Å². The van der Waals surface area contributed by atoms with Gasteiger partial charge in [0.25, 0.3) is 0 Å². The monoisotopic (exact) mass is 307 g/mol. The summed E-state index contributed by atoms with van der Waals surface area (Å²) in [4.78, 5) is 10.5. The van der Waals surface area contributed by atoms with Gasteiger partial charge in [0.1, 0.15) is 0 Å². The highest BCUT2D eigenvalue weighted by Crippen LogP contribution is 2.39. The molecule has 0 saturated carbocycles. The van der Waals surface area contributed by atoms with Crippen LogP contribution < -0.4 is 5.73 Å². The highest BCUT2D eigenvalue weighted by molar-refractivity contribution is 7.99. The normalized spacial score (nSPS) is 14.3. The van der Waals surface area contributed by atoms with E-state index in [1.54, 1.807) is 23.1 Å². The van der Waals surface area contributed by atoms with E-state index in [4.69, 9.17) is 5.73 Å². The van der Waals surface area contributed by atoms with Crippen LogP contribution >= 0.6 is 23.1 Å². The van der Waals surface area contributed by atoms with Gasteiger partial charge in [-0.3, -0.25) is 0 Å². The van der Waals surface area contributed by atoms with Gasteiger partial charge in [0.15, 0.2) is 5.16 Å². The van der Waals surface area contributed by atoms with Crippen LogP contribution in [0, 0.1) is 27.7 Å². The lowest BCUT2D eigenvalue weighted by Gasteiger charge is -2.20. The molecule has 5 heteroatoms. The third-order valence-corrected chi connectivity index (χ3v) is 6.05. The molecule has 2 unspecified atom stereocenters. The number of thiophene rings is 1. The minimum Gasteiger partial charge on any atom is -0.327 e. The third-order valence-electron chi connectivity index (χ3n) is 3.48. The summed E-state index contributed by atoms with van der Waals surface area (Å²) < 4.78 is 0. The van der Waals surface area contributed by atoms with Crippen LogP contribution in [-0.2, 0) is 0 Å². The number of hydrogen-bond donors (Lipinski definition) is 1. The van der Waals surface area contributed by atoms with Gasteiger partial charge in [-0.05, 0) is 57.2 Å². The number of thioether (sulfide) groups is 1. The highest BCUT2D eigenvalue weighted by atomic mass is 32.2. The highest BCUT2D eigenvalue weighted by Gasteiger charge is 2.22. The van der Waals surface area contributed by atoms with Crippen molar-refractivity contribution in [3.63, 3.8) is 0 Å². The number of nitrogens with zero attached hydrogens (tertiary/aromatic N) is 2. The summed E-state index contributed by atoms with van der Waals surface area (Å²) in [5.41, 5.74) is 10.7. The Morgan fingerprint density at radius 2 is 1.75 bits per heavy atom. The average molecular weight is 307 g/mol. The molecule has 0 radical (unpaired) electrons. The summed E-state index contributed by atoms with van der Waals surface area (Å²) >= 11 is 3.43. The Hall–Kier alpha value is -0.910. The van der Waals surface area contributed by atoms with Crippen LogP contribution in [0.25, 0.3) is 0 Å². The molecule has 2 aromatic rings. The van der Waals surface area contributed by atoms with E-state index in [1.807, 2.05) is 20.8 Å². The molecular formula is C15H21N3S2. The number of hydrogen-bond acceptors (Lipinski definition) is 5. The largest absolute Gasteiger partial charge is 0.327 e. The number of nitrogens with two attached hydrogens (primary N) is 1. The summed E-state index contributed by atoms with van der Waals surface area (Å²) in [7, 11) is 0. The van der Waals surface area contributed by atoms with Crippen molar-refractivity contribution in [2.45, 2.75) is 51.1 Å². The topological polar surface area (TPSA) is 51.8 Å². The Bertz CT molecular complexity index is 582. The van der Waals surface area contributed by atoms with Crippen molar-refractivity contribution in [2.24, 2.45) is 5.73 Å². The van der Waals surface area contributed by atoms with Crippen LogP contribution in [0.2, 0.25) is 0 Å². The lowest BCUT2D eigenvalue weighted by molar-refractivity contribution is 0.722. The molecule has 2 N–H and O–H groups in total. The van der Waals surface area contributed by atoms with E-state index in [0.717, 1.165) is 16.5 Å². The summed E-state index contributed by atoms with van der Waals surface area (Å²) in [6.07, 6.45) is 0. The Morgan fingerprint density at radius 3 is 2.20 bits per heavy atom. The van der Waals surface area contributed by atoms with Gasteiger partial charge in [0.2, 0.25) is 0 Å². The number of rotatable bonds is 4. The molecule has 0 amide bonds. The predicted octanol–water partition coefficient (Wildman–Crippen LogP) is 3.95. The quantitative estimate of drug-likeness (QED) is 0.686. The van der Waals surface area contributed by atoms with E-state index >= 15 is 0 Å². The van der Waals surface area contributed by atoms with Gasteiger partial charge in [0.05, 0.1) is 5.25 Å². The molecule has 0 aliphatic carbocycles. The molecule has 108 valence electrons. The van der Waals surface area contributed by atoms with E-state index in [0.29, 0.717) is 0 Å². The molecule has 2 aromatic heterocycles. The van der Waals surface area contributed by atoms with E-state index in [-0.39, 0.29) is 11.3 Å². The van der Waals surface area contributed by atoms with Crippen LogP contribution in [0.4, 0.5) is 0 Å². The molecule has 0 fully saturated rings. The molecular weight excluding hydrogens is 286 g/mol. The molecule has 2 rings (SSSR count). The third kappa shape index (κ3) is 3.22. The molecule has 0 aliphatic rings. The van der Waals surface area contributed by atoms with E-state index in [2.05, 4.69) is 35.3 Å². The zero-order valence-corrected chi connectivity index (χ0v) is 14.2. The van der Waals surface area contributed by atoms with Gasteiger partial charge >= 0.3 is 0 Å². The Balaban J connectivity index is 2.32. The first-order chi connectivity index (χ1) is 9.40. The molecule has 20 heavy (non-hydrogen) atoms. The van der Waals surface area contributed by atoms with Crippen LogP contribution in [0.5, 0.6) is 0 Å². The van der Waals surface area contributed by atoms with Gasteiger partial charge in [-0.25, -0.2) is 9.97 Å². The van der Waals surface area contributed by atoms with Gasteiger partial charge in [-0.1, -0.05) is 11.8 Å². The van der Waals surface area contributed by atoms with Gasteiger partial charge in [-0.2, -0.15) is 0 Å². The van der Waals surface area contributed by atoms with Crippen LogP contribution in [0.15, 0.2) is 16.6 Å². The minimum atomic E-state index is 0.0582. The lowest BCUT2D eigenvalue weighted by atomic mass is 10.1. The summed E-state index contributed by atoms with van der Waals surface area (Å²) in [6, 6.07) is 2.20.